The molecule has 1 atom stereocenters. The predicted molar refractivity (Wildman–Crippen MR) is 85.1 cm³/mol. The second-order valence-corrected chi connectivity index (χ2v) is 5.37. The standard InChI is InChI=1S/C17H23NO3/c1-12(2)18-10-14(19)11-21-17-6-4-5-13-9-15(20-3)7-8-16(13)17/h4-9,12,14,18-19H,10-11H2,1-3H3/t14-/m1/s1. The molecule has 0 saturated heterocycles. The van der Waals surface area contributed by atoms with E-state index in [0.717, 1.165) is 22.3 Å². The van der Waals surface area contributed by atoms with Crippen LogP contribution < -0.4 is 14.8 Å². The number of fused-ring (bicyclic) bond motifs is 1. The molecule has 2 N–H and O–H groups in total. The molecule has 0 radical (unpaired) electrons. The zero-order chi connectivity index (χ0) is 15.2. The van der Waals surface area contributed by atoms with Gasteiger partial charge in [0.05, 0.1) is 7.11 Å². The van der Waals surface area contributed by atoms with Crippen LogP contribution >= 0.6 is 0 Å². The molecular weight excluding hydrogens is 266 g/mol. The van der Waals surface area contributed by atoms with E-state index in [1.165, 1.54) is 0 Å². The monoisotopic (exact) mass is 289 g/mol. The molecule has 0 unspecified atom stereocenters. The molecule has 0 saturated carbocycles. The summed E-state index contributed by atoms with van der Waals surface area (Å²) < 4.78 is 11.0. The van der Waals surface area contributed by atoms with Gasteiger partial charge in [0.2, 0.25) is 0 Å². The summed E-state index contributed by atoms with van der Waals surface area (Å²) in [6.07, 6.45) is -0.527. The van der Waals surface area contributed by atoms with Gasteiger partial charge >= 0.3 is 0 Å². The number of benzene rings is 2. The van der Waals surface area contributed by atoms with E-state index in [0.29, 0.717) is 12.6 Å². The largest absolute Gasteiger partial charge is 0.497 e. The Morgan fingerprint density at radius 3 is 2.71 bits per heavy atom. The number of nitrogens with one attached hydrogen (secondary N) is 1. The van der Waals surface area contributed by atoms with Crippen LogP contribution in [0, 0.1) is 0 Å². The lowest BCUT2D eigenvalue weighted by Crippen LogP contribution is -2.35. The number of hydrogen-bond donors (Lipinski definition) is 2. The molecule has 2 rings (SSSR count). The Kier molecular flexibility index (Phi) is 5.42. The van der Waals surface area contributed by atoms with Gasteiger partial charge in [-0.3, -0.25) is 0 Å². The highest BCUT2D eigenvalue weighted by molar-refractivity contribution is 5.89. The molecule has 4 nitrogen and oxygen atoms in total. The van der Waals surface area contributed by atoms with E-state index in [9.17, 15) is 5.11 Å². The van der Waals surface area contributed by atoms with E-state index in [4.69, 9.17) is 9.47 Å². The topological polar surface area (TPSA) is 50.7 Å². The normalized spacial score (nSPS) is 12.6. The first-order valence-electron chi connectivity index (χ1n) is 7.21. The molecule has 0 aromatic heterocycles. The smallest absolute Gasteiger partial charge is 0.127 e. The van der Waals surface area contributed by atoms with Crippen molar-refractivity contribution in [3.8, 4) is 11.5 Å². The highest BCUT2D eigenvalue weighted by Crippen LogP contribution is 2.28. The summed E-state index contributed by atoms with van der Waals surface area (Å²) in [5.74, 6) is 1.60. The second-order valence-electron chi connectivity index (χ2n) is 5.37. The first kappa shape index (κ1) is 15.6. The van der Waals surface area contributed by atoms with Crippen LogP contribution in [0.3, 0.4) is 0 Å². The Balaban J connectivity index is 2.05. The van der Waals surface area contributed by atoms with Crippen molar-refractivity contribution in [3.63, 3.8) is 0 Å². The maximum Gasteiger partial charge on any atom is 0.127 e. The van der Waals surface area contributed by atoms with Gasteiger partial charge in [-0.2, -0.15) is 0 Å². The minimum atomic E-state index is -0.527. The minimum absolute atomic E-state index is 0.269. The zero-order valence-electron chi connectivity index (χ0n) is 12.8. The SMILES string of the molecule is COc1ccc2c(OC[C@H](O)CNC(C)C)cccc2c1. The summed E-state index contributed by atoms with van der Waals surface area (Å²) in [5, 5.41) is 15.2. The third-order valence-corrected chi connectivity index (χ3v) is 3.24. The van der Waals surface area contributed by atoms with Crippen LogP contribution in [0.4, 0.5) is 0 Å². The molecule has 21 heavy (non-hydrogen) atoms. The lowest BCUT2D eigenvalue weighted by atomic mass is 10.1. The predicted octanol–water partition coefficient (Wildman–Crippen LogP) is 2.59. The molecule has 0 aliphatic carbocycles. The van der Waals surface area contributed by atoms with E-state index >= 15 is 0 Å². The number of ether oxygens (including phenoxy) is 2. The first-order chi connectivity index (χ1) is 10.1. The third-order valence-electron chi connectivity index (χ3n) is 3.24. The summed E-state index contributed by atoms with van der Waals surface area (Å²) in [4.78, 5) is 0. The maximum absolute atomic E-state index is 9.91. The van der Waals surface area contributed by atoms with Crippen molar-refractivity contribution in [1.82, 2.24) is 5.32 Å². The van der Waals surface area contributed by atoms with Gasteiger partial charge in [-0.05, 0) is 29.7 Å². The average molecular weight is 289 g/mol. The molecule has 0 fully saturated rings. The van der Waals surface area contributed by atoms with Gasteiger partial charge in [-0.15, -0.1) is 0 Å². The van der Waals surface area contributed by atoms with Gasteiger partial charge in [-0.1, -0.05) is 26.0 Å². The quantitative estimate of drug-likeness (QED) is 0.822. The summed E-state index contributed by atoms with van der Waals surface area (Å²) >= 11 is 0. The van der Waals surface area contributed by atoms with Crippen molar-refractivity contribution < 1.29 is 14.6 Å². The molecule has 0 amide bonds. The van der Waals surface area contributed by atoms with Crippen LogP contribution in [0.1, 0.15) is 13.8 Å². The molecule has 0 aliphatic heterocycles. The molecule has 114 valence electrons. The molecule has 0 aliphatic rings. The Bertz CT molecular complexity index is 583. The van der Waals surface area contributed by atoms with Crippen molar-refractivity contribution in [1.29, 1.82) is 0 Å². The van der Waals surface area contributed by atoms with Gasteiger partial charge in [0.1, 0.15) is 24.2 Å². The van der Waals surface area contributed by atoms with Gasteiger partial charge < -0.3 is 19.9 Å². The Morgan fingerprint density at radius 1 is 1.19 bits per heavy atom. The number of hydrogen-bond acceptors (Lipinski definition) is 4. The van der Waals surface area contributed by atoms with Crippen LogP contribution in [0.25, 0.3) is 10.8 Å². The lowest BCUT2D eigenvalue weighted by Gasteiger charge is -2.16. The van der Waals surface area contributed by atoms with Gasteiger partial charge in [0.15, 0.2) is 0 Å². The van der Waals surface area contributed by atoms with E-state index in [1.807, 2.05) is 50.2 Å². The average Bonchev–Trinajstić information content (AvgIpc) is 2.50. The van der Waals surface area contributed by atoms with E-state index < -0.39 is 6.10 Å². The summed E-state index contributed by atoms with van der Waals surface area (Å²) in [6, 6.07) is 12.1. The van der Waals surface area contributed by atoms with E-state index in [1.54, 1.807) is 7.11 Å². The molecule has 0 bridgehead atoms. The van der Waals surface area contributed by atoms with Crippen molar-refractivity contribution in [2.24, 2.45) is 0 Å². The molecule has 0 heterocycles. The first-order valence-corrected chi connectivity index (χ1v) is 7.21. The Hall–Kier alpha value is -1.78. The van der Waals surface area contributed by atoms with Crippen LogP contribution in [0.5, 0.6) is 11.5 Å². The summed E-state index contributed by atoms with van der Waals surface area (Å²) in [6.45, 7) is 4.89. The number of rotatable bonds is 7. The highest BCUT2D eigenvalue weighted by atomic mass is 16.5. The fourth-order valence-corrected chi connectivity index (χ4v) is 2.10. The van der Waals surface area contributed by atoms with Crippen molar-refractivity contribution in [2.45, 2.75) is 26.0 Å². The lowest BCUT2D eigenvalue weighted by molar-refractivity contribution is 0.105. The molecule has 0 spiro atoms. The maximum atomic E-state index is 9.91. The summed E-state index contributed by atoms with van der Waals surface area (Å²) in [5.41, 5.74) is 0. The van der Waals surface area contributed by atoms with Crippen LogP contribution in [0.2, 0.25) is 0 Å². The highest BCUT2D eigenvalue weighted by Gasteiger charge is 2.08. The fourth-order valence-electron chi connectivity index (χ4n) is 2.10. The van der Waals surface area contributed by atoms with Crippen molar-refractivity contribution >= 4 is 10.8 Å². The van der Waals surface area contributed by atoms with E-state index in [2.05, 4.69) is 5.32 Å². The minimum Gasteiger partial charge on any atom is -0.497 e. The number of aliphatic hydroxyl groups excluding tert-OH is 1. The Labute approximate surface area is 125 Å². The van der Waals surface area contributed by atoms with Crippen LogP contribution in [0.15, 0.2) is 36.4 Å². The molecule has 2 aromatic carbocycles. The van der Waals surface area contributed by atoms with Gasteiger partial charge in [0.25, 0.3) is 0 Å². The van der Waals surface area contributed by atoms with Crippen molar-refractivity contribution in [3.05, 3.63) is 36.4 Å². The Morgan fingerprint density at radius 2 is 2.00 bits per heavy atom. The van der Waals surface area contributed by atoms with Crippen LogP contribution in [-0.2, 0) is 0 Å². The number of methoxy groups -OCH3 is 1. The van der Waals surface area contributed by atoms with Gasteiger partial charge in [-0.25, -0.2) is 0 Å². The fraction of sp³-hybridized carbons (Fsp3) is 0.412. The van der Waals surface area contributed by atoms with Crippen molar-refractivity contribution in [2.75, 3.05) is 20.3 Å². The third kappa shape index (κ3) is 4.34. The van der Waals surface area contributed by atoms with Gasteiger partial charge in [0, 0.05) is 18.0 Å². The van der Waals surface area contributed by atoms with E-state index in [-0.39, 0.29) is 6.61 Å². The summed E-state index contributed by atoms with van der Waals surface area (Å²) in [7, 11) is 1.65. The molecule has 2 aromatic rings. The molecule has 4 heteroatoms. The molecular formula is C17H23NO3. The van der Waals surface area contributed by atoms with Crippen LogP contribution in [-0.4, -0.2) is 37.5 Å². The number of aliphatic hydroxyl groups is 1. The zero-order valence-corrected chi connectivity index (χ0v) is 12.8. The second kappa shape index (κ2) is 7.29.